The van der Waals surface area contributed by atoms with Crippen LogP contribution in [-0.4, -0.2) is 22.2 Å². The van der Waals surface area contributed by atoms with Gasteiger partial charge in [0.15, 0.2) is 0 Å². The number of nitro groups is 1. The van der Waals surface area contributed by atoms with Crippen molar-refractivity contribution >= 4 is 11.4 Å². The Morgan fingerprint density at radius 2 is 2.30 bits per heavy atom. The predicted octanol–water partition coefficient (Wildman–Crippen LogP) is 3.26. The SMILES string of the molecule is Cc1ccc(NC2(CO)CCCC(C)C2)c([N+](=O)[O-])c1. The second kappa shape index (κ2) is 5.79. The number of hydrogen-bond donors (Lipinski definition) is 2. The molecular formula is C15H22N2O3. The molecule has 110 valence electrons. The molecule has 5 nitrogen and oxygen atoms in total. The fourth-order valence-electron chi connectivity index (χ4n) is 3.14. The summed E-state index contributed by atoms with van der Waals surface area (Å²) in [6.07, 6.45) is 3.88. The number of aliphatic hydroxyl groups is 1. The van der Waals surface area contributed by atoms with Crippen LogP contribution in [0.2, 0.25) is 0 Å². The van der Waals surface area contributed by atoms with Gasteiger partial charge in [-0.3, -0.25) is 10.1 Å². The van der Waals surface area contributed by atoms with Crippen LogP contribution in [0.5, 0.6) is 0 Å². The van der Waals surface area contributed by atoms with Crippen molar-refractivity contribution in [2.75, 3.05) is 11.9 Å². The first-order valence-electron chi connectivity index (χ1n) is 7.10. The van der Waals surface area contributed by atoms with E-state index in [1.807, 2.05) is 13.0 Å². The Labute approximate surface area is 119 Å². The van der Waals surface area contributed by atoms with Gasteiger partial charge in [0.05, 0.1) is 17.1 Å². The minimum Gasteiger partial charge on any atom is -0.394 e. The Balaban J connectivity index is 2.30. The minimum atomic E-state index is -0.433. The second-order valence-electron chi connectivity index (χ2n) is 6.04. The zero-order valence-electron chi connectivity index (χ0n) is 12.1. The van der Waals surface area contributed by atoms with Gasteiger partial charge in [-0.05, 0) is 37.3 Å². The first kappa shape index (κ1) is 14.8. The topological polar surface area (TPSA) is 75.4 Å². The molecule has 1 aliphatic carbocycles. The maximum absolute atomic E-state index is 11.2. The summed E-state index contributed by atoms with van der Waals surface area (Å²) in [4.78, 5) is 10.8. The molecule has 0 spiro atoms. The van der Waals surface area contributed by atoms with Crippen molar-refractivity contribution < 1.29 is 10.0 Å². The predicted molar refractivity (Wildman–Crippen MR) is 78.9 cm³/mol. The normalized spacial score (nSPS) is 26.2. The van der Waals surface area contributed by atoms with Crippen LogP contribution in [0.4, 0.5) is 11.4 Å². The zero-order chi connectivity index (χ0) is 14.8. The van der Waals surface area contributed by atoms with Crippen LogP contribution < -0.4 is 5.32 Å². The van der Waals surface area contributed by atoms with Crippen molar-refractivity contribution in [3.05, 3.63) is 33.9 Å². The van der Waals surface area contributed by atoms with Crippen LogP contribution in [0.25, 0.3) is 0 Å². The molecule has 0 aromatic heterocycles. The van der Waals surface area contributed by atoms with Gasteiger partial charge in [-0.2, -0.15) is 0 Å². The molecule has 0 radical (unpaired) electrons. The molecule has 2 unspecified atom stereocenters. The highest BCUT2D eigenvalue weighted by Crippen LogP contribution is 2.37. The fraction of sp³-hybridized carbons (Fsp3) is 0.600. The zero-order valence-corrected chi connectivity index (χ0v) is 12.1. The molecule has 1 fully saturated rings. The Kier molecular flexibility index (Phi) is 4.28. The van der Waals surface area contributed by atoms with Gasteiger partial charge in [-0.15, -0.1) is 0 Å². The van der Waals surface area contributed by atoms with E-state index in [-0.39, 0.29) is 17.2 Å². The summed E-state index contributed by atoms with van der Waals surface area (Å²) in [5.74, 6) is 0.521. The number of anilines is 1. The number of nitrogens with zero attached hydrogens (tertiary/aromatic N) is 1. The third-order valence-corrected chi connectivity index (χ3v) is 4.14. The van der Waals surface area contributed by atoms with Gasteiger partial charge in [0, 0.05) is 6.07 Å². The van der Waals surface area contributed by atoms with E-state index in [1.54, 1.807) is 12.1 Å². The van der Waals surface area contributed by atoms with E-state index in [9.17, 15) is 15.2 Å². The van der Waals surface area contributed by atoms with Crippen molar-refractivity contribution in [2.24, 2.45) is 5.92 Å². The lowest BCUT2D eigenvalue weighted by atomic mass is 9.76. The molecule has 2 rings (SSSR count). The molecule has 1 aromatic carbocycles. The third kappa shape index (κ3) is 3.10. The summed E-state index contributed by atoms with van der Waals surface area (Å²) < 4.78 is 0. The van der Waals surface area contributed by atoms with Gasteiger partial charge in [0.1, 0.15) is 5.69 Å². The molecule has 20 heavy (non-hydrogen) atoms. The number of nitrogens with one attached hydrogen (secondary N) is 1. The average Bonchev–Trinajstić information content (AvgIpc) is 2.40. The van der Waals surface area contributed by atoms with E-state index in [0.717, 1.165) is 31.2 Å². The van der Waals surface area contributed by atoms with Crippen molar-refractivity contribution in [2.45, 2.75) is 45.1 Å². The fourth-order valence-corrected chi connectivity index (χ4v) is 3.14. The highest BCUT2D eigenvalue weighted by Gasteiger charge is 2.35. The lowest BCUT2D eigenvalue weighted by molar-refractivity contribution is -0.384. The van der Waals surface area contributed by atoms with E-state index in [1.165, 1.54) is 0 Å². The number of rotatable bonds is 4. The van der Waals surface area contributed by atoms with Gasteiger partial charge in [0.2, 0.25) is 0 Å². The van der Waals surface area contributed by atoms with Gasteiger partial charge in [-0.1, -0.05) is 25.8 Å². The number of benzene rings is 1. The molecule has 1 aromatic rings. The standard InChI is InChI=1S/C15H22N2O3/c1-11-5-6-13(14(8-11)17(19)20)16-15(10-18)7-3-4-12(2)9-15/h5-6,8,12,16,18H,3-4,7,9-10H2,1-2H3. The van der Waals surface area contributed by atoms with Crippen molar-refractivity contribution in [3.8, 4) is 0 Å². The molecular weight excluding hydrogens is 256 g/mol. The van der Waals surface area contributed by atoms with E-state index < -0.39 is 5.54 Å². The van der Waals surface area contributed by atoms with E-state index in [2.05, 4.69) is 12.2 Å². The lowest BCUT2D eigenvalue weighted by Gasteiger charge is -2.40. The van der Waals surface area contributed by atoms with Gasteiger partial charge < -0.3 is 10.4 Å². The van der Waals surface area contributed by atoms with Gasteiger partial charge in [0.25, 0.3) is 5.69 Å². The molecule has 2 N–H and O–H groups in total. The van der Waals surface area contributed by atoms with Crippen LogP contribution in [0.15, 0.2) is 18.2 Å². The molecule has 5 heteroatoms. The maximum Gasteiger partial charge on any atom is 0.292 e. The van der Waals surface area contributed by atoms with Crippen LogP contribution in [0.3, 0.4) is 0 Å². The van der Waals surface area contributed by atoms with E-state index >= 15 is 0 Å². The quantitative estimate of drug-likeness (QED) is 0.654. The Morgan fingerprint density at radius 1 is 1.55 bits per heavy atom. The maximum atomic E-state index is 11.2. The highest BCUT2D eigenvalue weighted by molar-refractivity contribution is 5.63. The first-order chi connectivity index (χ1) is 9.46. The van der Waals surface area contributed by atoms with Crippen LogP contribution in [-0.2, 0) is 0 Å². The summed E-state index contributed by atoms with van der Waals surface area (Å²) in [6.45, 7) is 4.00. The molecule has 1 aliphatic rings. The summed E-state index contributed by atoms with van der Waals surface area (Å²) in [7, 11) is 0. The van der Waals surface area contributed by atoms with Crippen LogP contribution in [0.1, 0.15) is 38.2 Å². The summed E-state index contributed by atoms with van der Waals surface area (Å²) in [6, 6.07) is 5.16. The van der Waals surface area contributed by atoms with Crippen molar-refractivity contribution in [3.63, 3.8) is 0 Å². The summed E-state index contributed by atoms with van der Waals surface area (Å²) >= 11 is 0. The largest absolute Gasteiger partial charge is 0.394 e. The Morgan fingerprint density at radius 3 is 2.90 bits per heavy atom. The number of aryl methyl sites for hydroxylation is 1. The summed E-state index contributed by atoms with van der Waals surface area (Å²) in [5.41, 5.74) is 1.01. The second-order valence-corrected chi connectivity index (χ2v) is 6.04. The first-order valence-corrected chi connectivity index (χ1v) is 7.10. The van der Waals surface area contributed by atoms with Crippen LogP contribution >= 0.6 is 0 Å². The number of nitro benzene ring substituents is 1. The molecule has 0 amide bonds. The van der Waals surface area contributed by atoms with Crippen LogP contribution in [0, 0.1) is 23.0 Å². The lowest BCUT2D eigenvalue weighted by Crippen LogP contribution is -2.46. The highest BCUT2D eigenvalue weighted by atomic mass is 16.6. The van der Waals surface area contributed by atoms with Crippen molar-refractivity contribution in [1.82, 2.24) is 0 Å². The third-order valence-electron chi connectivity index (χ3n) is 4.14. The van der Waals surface area contributed by atoms with Gasteiger partial charge >= 0.3 is 0 Å². The number of aliphatic hydroxyl groups excluding tert-OH is 1. The average molecular weight is 278 g/mol. The van der Waals surface area contributed by atoms with E-state index in [4.69, 9.17) is 0 Å². The Bertz CT molecular complexity index is 504. The minimum absolute atomic E-state index is 0.00235. The van der Waals surface area contributed by atoms with Crippen molar-refractivity contribution in [1.29, 1.82) is 0 Å². The molecule has 0 heterocycles. The molecule has 0 saturated heterocycles. The molecule has 2 atom stereocenters. The molecule has 0 bridgehead atoms. The smallest absolute Gasteiger partial charge is 0.292 e. The van der Waals surface area contributed by atoms with E-state index in [0.29, 0.717) is 11.6 Å². The molecule has 0 aliphatic heterocycles. The number of hydrogen-bond acceptors (Lipinski definition) is 4. The van der Waals surface area contributed by atoms with Gasteiger partial charge in [-0.25, -0.2) is 0 Å². The summed E-state index contributed by atoms with van der Waals surface area (Å²) in [5, 5.41) is 24.2. The molecule has 1 saturated carbocycles. The monoisotopic (exact) mass is 278 g/mol. The Hall–Kier alpha value is -1.62.